The topological polar surface area (TPSA) is 67.4 Å². The van der Waals surface area contributed by atoms with Crippen molar-refractivity contribution in [3.8, 4) is 17.0 Å². The van der Waals surface area contributed by atoms with Crippen LogP contribution in [0.5, 0.6) is 5.75 Å². The smallest absolute Gasteiger partial charge is 0.221 e. The molecular weight excluding hydrogens is 364 g/mol. The molecule has 2 aromatic rings. The van der Waals surface area contributed by atoms with Gasteiger partial charge in [0.05, 0.1) is 23.5 Å². The van der Waals surface area contributed by atoms with Crippen LogP contribution in [0.4, 0.5) is 0 Å². The zero-order chi connectivity index (χ0) is 19.2. The van der Waals surface area contributed by atoms with Gasteiger partial charge in [-0.1, -0.05) is 25.4 Å². The van der Waals surface area contributed by atoms with Gasteiger partial charge in [0.15, 0.2) is 0 Å². The third kappa shape index (κ3) is 4.96. The lowest BCUT2D eigenvalue weighted by atomic mass is 10.0. The Bertz CT molecular complexity index is 781. The summed E-state index contributed by atoms with van der Waals surface area (Å²) in [6.07, 6.45) is 6.11. The Morgan fingerprint density at radius 3 is 2.85 bits per heavy atom. The van der Waals surface area contributed by atoms with E-state index in [1.54, 1.807) is 18.6 Å². The highest BCUT2D eigenvalue weighted by atomic mass is 35.5. The lowest BCUT2D eigenvalue weighted by Crippen LogP contribution is -2.36. The number of carbonyl (C=O) groups is 1. The molecule has 144 valence electrons. The molecule has 1 amide bonds. The first-order valence-corrected chi connectivity index (χ1v) is 9.73. The fraction of sp³-hybridized carbons (Fsp3) is 0.450. The van der Waals surface area contributed by atoms with Crippen LogP contribution in [0.15, 0.2) is 30.7 Å². The SMILES string of the molecule is CCN(CC)CCC(=O)NC[C@H]1Cc2cc(-c3cnccn3)cc(Cl)c2O1. The number of benzene rings is 1. The summed E-state index contributed by atoms with van der Waals surface area (Å²) < 4.78 is 5.95. The van der Waals surface area contributed by atoms with Crippen molar-refractivity contribution in [1.29, 1.82) is 0 Å². The van der Waals surface area contributed by atoms with E-state index < -0.39 is 0 Å². The van der Waals surface area contributed by atoms with Crippen LogP contribution in [0.1, 0.15) is 25.8 Å². The highest BCUT2D eigenvalue weighted by Crippen LogP contribution is 2.39. The Morgan fingerprint density at radius 1 is 1.33 bits per heavy atom. The first-order valence-electron chi connectivity index (χ1n) is 9.35. The maximum Gasteiger partial charge on any atom is 0.221 e. The van der Waals surface area contributed by atoms with E-state index in [9.17, 15) is 4.79 Å². The second-order valence-electron chi connectivity index (χ2n) is 6.56. The molecule has 0 saturated carbocycles. The summed E-state index contributed by atoms with van der Waals surface area (Å²) in [5.41, 5.74) is 2.72. The maximum atomic E-state index is 12.1. The van der Waals surface area contributed by atoms with Crippen LogP contribution < -0.4 is 10.1 Å². The fourth-order valence-corrected chi connectivity index (χ4v) is 3.50. The molecule has 6 nitrogen and oxygen atoms in total. The van der Waals surface area contributed by atoms with Gasteiger partial charge in [-0.05, 0) is 25.2 Å². The molecule has 7 heteroatoms. The minimum absolute atomic E-state index is 0.0489. The second kappa shape index (κ2) is 9.15. The first-order chi connectivity index (χ1) is 13.1. The molecule has 0 fully saturated rings. The molecule has 1 aliphatic heterocycles. The Hall–Kier alpha value is -2.18. The summed E-state index contributed by atoms with van der Waals surface area (Å²) in [4.78, 5) is 22.7. The van der Waals surface area contributed by atoms with E-state index in [4.69, 9.17) is 16.3 Å². The van der Waals surface area contributed by atoms with Crippen LogP contribution in [0.2, 0.25) is 5.02 Å². The standard InChI is InChI=1S/C20H25ClN4O2/c1-3-25(4-2)8-5-19(26)24-12-16-10-15-9-14(11-17(21)20(15)27-16)18-13-22-6-7-23-18/h6-7,9,11,13,16H,3-5,8,10,12H2,1-2H3,(H,24,26)/t16-/m1/s1. The molecular formula is C20H25ClN4O2. The number of rotatable bonds is 8. The molecule has 2 heterocycles. The summed E-state index contributed by atoms with van der Waals surface area (Å²) in [5.74, 6) is 0.750. The van der Waals surface area contributed by atoms with Crippen molar-refractivity contribution in [3.63, 3.8) is 0 Å². The average molecular weight is 389 g/mol. The number of halogens is 1. The molecule has 1 aromatic carbocycles. The molecule has 0 saturated heterocycles. The van der Waals surface area contributed by atoms with Crippen LogP contribution in [0, 0.1) is 0 Å². The molecule has 0 radical (unpaired) electrons. The third-order valence-electron chi connectivity index (χ3n) is 4.79. The number of amides is 1. The Balaban J connectivity index is 1.56. The highest BCUT2D eigenvalue weighted by Gasteiger charge is 2.26. The predicted octanol–water partition coefficient (Wildman–Crippen LogP) is 2.95. The van der Waals surface area contributed by atoms with E-state index >= 15 is 0 Å². The van der Waals surface area contributed by atoms with Gasteiger partial charge in [-0.2, -0.15) is 0 Å². The molecule has 1 aliphatic rings. The Morgan fingerprint density at radius 2 is 2.15 bits per heavy atom. The molecule has 0 aliphatic carbocycles. The number of carbonyl (C=O) groups excluding carboxylic acids is 1. The fourth-order valence-electron chi connectivity index (χ4n) is 3.21. The van der Waals surface area contributed by atoms with Gasteiger partial charge in [0.1, 0.15) is 11.9 Å². The number of ether oxygens (including phenoxy) is 1. The summed E-state index contributed by atoms with van der Waals surface area (Å²) in [7, 11) is 0. The Kier molecular flexibility index (Phi) is 6.63. The van der Waals surface area contributed by atoms with E-state index in [0.717, 1.165) is 36.5 Å². The van der Waals surface area contributed by atoms with Crippen molar-refractivity contribution in [2.75, 3.05) is 26.2 Å². The molecule has 3 rings (SSSR count). The van der Waals surface area contributed by atoms with Gasteiger partial charge < -0.3 is 15.0 Å². The molecule has 1 N–H and O–H groups in total. The van der Waals surface area contributed by atoms with Gasteiger partial charge in [0, 0.05) is 42.9 Å². The zero-order valence-electron chi connectivity index (χ0n) is 15.7. The van der Waals surface area contributed by atoms with Crippen LogP contribution in [0.3, 0.4) is 0 Å². The predicted molar refractivity (Wildman–Crippen MR) is 106 cm³/mol. The molecule has 27 heavy (non-hydrogen) atoms. The number of aromatic nitrogens is 2. The van der Waals surface area contributed by atoms with E-state index in [1.807, 2.05) is 12.1 Å². The van der Waals surface area contributed by atoms with Crippen molar-refractivity contribution >= 4 is 17.5 Å². The summed E-state index contributed by atoms with van der Waals surface area (Å²) in [6, 6.07) is 3.88. The maximum absolute atomic E-state index is 12.1. The normalized spacial score (nSPS) is 15.5. The van der Waals surface area contributed by atoms with Crippen LogP contribution in [-0.4, -0.2) is 53.1 Å². The number of nitrogens with one attached hydrogen (secondary N) is 1. The number of fused-ring (bicyclic) bond motifs is 1. The van der Waals surface area contributed by atoms with Crippen LogP contribution >= 0.6 is 11.6 Å². The summed E-state index contributed by atoms with van der Waals surface area (Å²) >= 11 is 6.40. The highest BCUT2D eigenvalue weighted by molar-refractivity contribution is 6.32. The van der Waals surface area contributed by atoms with Crippen molar-refractivity contribution in [1.82, 2.24) is 20.2 Å². The monoisotopic (exact) mass is 388 g/mol. The zero-order valence-corrected chi connectivity index (χ0v) is 16.5. The van der Waals surface area contributed by atoms with Crippen LogP contribution in [-0.2, 0) is 11.2 Å². The lowest BCUT2D eigenvalue weighted by molar-refractivity contribution is -0.121. The first kappa shape index (κ1) is 19.6. The molecule has 0 spiro atoms. The van der Waals surface area contributed by atoms with Crippen LogP contribution in [0.25, 0.3) is 11.3 Å². The van der Waals surface area contributed by atoms with Gasteiger partial charge in [0.2, 0.25) is 5.91 Å². The Labute approximate surface area is 164 Å². The van der Waals surface area contributed by atoms with Crippen molar-refractivity contribution in [2.24, 2.45) is 0 Å². The average Bonchev–Trinajstić information content (AvgIpc) is 3.11. The lowest BCUT2D eigenvalue weighted by Gasteiger charge is -2.18. The molecule has 1 aromatic heterocycles. The van der Waals surface area contributed by atoms with E-state index in [-0.39, 0.29) is 12.0 Å². The third-order valence-corrected chi connectivity index (χ3v) is 5.07. The molecule has 0 unspecified atom stereocenters. The molecule has 1 atom stereocenters. The largest absolute Gasteiger partial charge is 0.486 e. The second-order valence-corrected chi connectivity index (χ2v) is 6.97. The van der Waals surface area contributed by atoms with Gasteiger partial charge >= 0.3 is 0 Å². The van der Waals surface area contributed by atoms with E-state index in [2.05, 4.69) is 34.0 Å². The number of nitrogens with zero attached hydrogens (tertiary/aromatic N) is 3. The van der Waals surface area contributed by atoms with Gasteiger partial charge in [-0.25, -0.2) is 0 Å². The van der Waals surface area contributed by atoms with E-state index in [1.165, 1.54) is 0 Å². The van der Waals surface area contributed by atoms with Gasteiger partial charge in [-0.3, -0.25) is 14.8 Å². The minimum Gasteiger partial charge on any atom is -0.486 e. The van der Waals surface area contributed by atoms with Gasteiger partial charge in [0.25, 0.3) is 0 Å². The molecule has 0 bridgehead atoms. The van der Waals surface area contributed by atoms with Gasteiger partial charge in [-0.15, -0.1) is 0 Å². The van der Waals surface area contributed by atoms with Crippen molar-refractivity contribution in [2.45, 2.75) is 32.8 Å². The van der Waals surface area contributed by atoms with Crippen molar-refractivity contribution in [3.05, 3.63) is 41.3 Å². The summed E-state index contributed by atoms with van der Waals surface area (Å²) in [6.45, 7) is 7.36. The van der Waals surface area contributed by atoms with Crippen molar-refractivity contribution < 1.29 is 9.53 Å². The minimum atomic E-state index is -0.105. The van der Waals surface area contributed by atoms with E-state index in [0.29, 0.717) is 30.2 Å². The number of hydrogen-bond acceptors (Lipinski definition) is 5. The quantitative estimate of drug-likeness (QED) is 0.753. The summed E-state index contributed by atoms with van der Waals surface area (Å²) in [5, 5.41) is 3.53. The number of hydrogen-bond donors (Lipinski definition) is 1.